The van der Waals surface area contributed by atoms with Crippen LogP contribution in [0.5, 0.6) is 0 Å². The van der Waals surface area contributed by atoms with Crippen LogP contribution in [0.3, 0.4) is 0 Å². The number of halogens is 4. The molecule has 2 aliphatic rings. The predicted molar refractivity (Wildman–Crippen MR) is 122 cm³/mol. The molecule has 0 aromatic heterocycles. The average Bonchev–Trinajstić information content (AvgIpc) is 2.80. The summed E-state index contributed by atoms with van der Waals surface area (Å²) in [6.45, 7) is 4.47. The number of ether oxygens (including phenoxy) is 1. The molecule has 5 heteroatoms. The van der Waals surface area contributed by atoms with Crippen LogP contribution >= 0.6 is 0 Å². The molecular formula is C28H34F4O. The molecule has 0 N–H and O–H groups in total. The molecule has 0 saturated heterocycles. The van der Waals surface area contributed by atoms with Gasteiger partial charge < -0.3 is 4.74 Å². The molecule has 0 amide bonds. The highest BCUT2D eigenvalue weighted by Gasteiger charge is 2.35. The lowest BCUT2D eigenvalue weighted by atomic mass is 9.76. The van der Waals surface area contributed by atoms with E-state index in [2.05, 4.69) is 13.8 Å². The van der Waals surface area contributed by atoms with Gasteiger partial charge in [0.2, 0.25) is 0 Å². The largest absolute Gasteiger partial charge is 0.365 e. The van der Waals surface area contributed by atoms with Crippen molar-refractivity contribution in [2.75, 3.05) is 0 Å². The molecule has 0 bridgehead atoms. The molecule has 2 aromatic carbocycles. The van der Waals surface area contributed by atoms with E-state index >= 15 is 0 Å². The van der Waals surface area contributed by atoms with Gasteiger partial charge in [-0.2, -0.15) is 0 Å². The van der Waals surface area contributed by atoms with Crippen molar-refractivity contribution in [2.24, 2.45) is 23.7 Å². The van der Waals surface area contributed by atoms with Crippen LogP contribution in [0.25, 0.3) is 0 Å². The van der Waals surface area contributed by atoms with E-state index in [1.165, 1.54) is 12.1 Å². The van der Waals surface area contributed by atoms with Crippen LogP contribution < -0.4 is 0 Å². The molecule has 0 heterocycles. The molecule has 2 fully saturated rings. The fourth-order valence-corrected chi connectivity index (χ4v) is 5.64. The van der Waals surface area contributed by atoms with E-state index in [-0.39, 0.29) is 11.8 Å². The van der Waals surface area contributed by atoms with E-state index in [0.717, 1.165) is 63.5 Å². The van der Waals surface area contributed by atoms with Crippen molar-refractivity contribution in [3.05, 3.63) is 70.8 Å². The zero-order valence-electron chi connectivity index (χ0n) is 19.5. The smallest absolute Gasteiger partial charge is 0.159 e. The number of benzene rings is 2. The molecule has 2 unspecified atom stereocenters. The lowest BCUT2D eigenvalue weighted by Gasteiger charge is -2.39. The Labute approximate surface area is 194 Å². The minimum atomic E-state index is -0.888. The van der Waals surface area contributed by atoms with Crippen LogP contribution in [0.2, 0.25) is 0 Å². The van der Waals surface area contributed by atoms with Crippen LogP contribution in [0.15, 0.2) is 36.4 Å². The van der Waals surface area contributed by atoms with Crippen molar-refractivity contribution < 1.29 is 22.3 Å². The van der Waals surface area contributed by atoms with Crippen molar-refractivity contribution in [3.63, 3.8) is 0 Å². The van der Waals surface area contributed by atoms with Gasteiger partial charge in [-0.15, -0.1) is 0 Å². The molecule has 180 valence electrons. The van der Waals surface area contributed by atoms with Crippen molar-refractivity contribution in [1.82, 2.24) is 0 Å². The van der Waals surface area contributed by atoms with Crippen LogP contribution in [0, 0.1) is 46.9 Å². The molecule has 4 rings (SSSR count). The predicted octanol–water partition coefficient (Wildman–Crippen LogP) is 8.69. The summed E-state index contributed by atoms with van der Waals surface area (Å²) in [6, 6.07) is 7.99. The van der Waals surface area contributed by atoms with Gasteiger partial charge in [-0.25, -0.2) is 17.6 Å². The van der Waals surface area contributed by atoms with Gasteiger partial charge in [0, 0.05) is 0 Å². The second-order valence-electron chi connectivity index (χ2n) is 10.4. The average molecular weight is 463 g/mol. The lowest BCUT2D eigenvalue weighted by Crippen LogP contribution is -2.28. The van der Waals surface area contributed by atoms with E-state index in [4.69, 9.17) is 4.74 Å². The summed E-state index contributed by atoms with van der Waals surface area (Å²) in [4.78, 5) is 0. The van der Waals surface area contributed by atoms with Gasteiger partial charge in [-0.1, -0.05) is 51.7 Å². The van der Waals surface area contributed by atoms with Crippen molar-refractivity contribution >= 4 is 0 Å². The monoisotopic (exact) mass is 462 g/mol. The summed E-state index contributed by atoms with van der Waals surface area (Å²) >= 11 is 0. The van der Waals surface area contributed by atoms with E-state index in [0.29, 0.717) is 23.0 Å². The summed E-state index contributed by atoms with van der Waals surface area (Å²) in [7, 11) is 0. The maximum Gasteiger partial charge on any atom is 0.159 e. The molecule has 1 nitrogen and oxygen atoms in total. The number of hydrogen-bond acceptors (Lipinski definition) is 1. The number of hydrogen-bond donors (Lipinski definition) is 0. The molecular weight excluding hydrogens is 428 g/mol. The summed E-state index contributed by atoms with van der Waals surface area (Å²) in [6.07, 6.45) is 7.16. The Balaban J connectivity index is 1.69. The first-order valence-corrected chi connectivity index (χ1v) is 12.4. The Morgan fingerprint density at radius 1 is 0.576 bits per heavy atom. The Bertz CT molecular complexity index is 854. The third-order valence-electron chi connectivity index (χ3n) is 7.81. The van der Waals surface area contributed by atoms with Crippen molar-refractivity contribution in [3.8, 4) is 0 Å². The van der Waals surface area contributed by atoms with Crippen LogP contribution in [0.4, 0.5) is 17.6 Å². The minimum Gasteiger partial charge on any atom is -0.365 e. The summed E-state index contributed by atoms with van der Waals surface area (Å²) in [5.74, 6) is -1.94. The van der Waals surface area contributed by atoms with Crippen molar-refractivity contribution in [2.45, 2.75) is 77.4 Å². The molecule has 2 atom stereocenters. The Morgan fingerprint density at radius 3 is 1.27 bits per heavy atom. The Hall–Kier alpha value is -1.88. The fourth-order valence-electron chi connectivity index (χ4n) is 5.64. The highest BCUT2D eigenvalue weighted by Crippen LogP contribution is 2.46. The molecule has 0 spiro atoms. The maximum atomic E-state index is 14.2. The van der Waals surface area contributed by atoms with E-state index in [1.807, 2.05) is 0 Å². The highest BCUT2D eigenvalue weighted by molar-refractivity contribution is 5.24. The summed E-state index contributed by atoms with van der Waals surface area (Å²) in [5.41, 5.74) is 1.23. The van der Waals surface area contributed by atoms with Crippen molar-refractivity contribution in [1.29, 1.82) is 0 Å². The highest BCUT2D eigenvalue weighted by atomic mass is 19.2. The summed E-state index contributed by atoms with van der Waals surface area (Å²) < 4.78 is 62.6. The SMILES string of the molecule is CC1CCC(C(OC(c2ccc(F)c(F)c2)C2CCC(C)CC2)c2ccc(F)c(F)c2)CC1. The zero-order chi connectivity index (χ0) is 23.5. The maximum absolute atomic E-state index is 14.2. The van der Waals surface area contributed by atoms with Gasteiger partial charge in [0.15, 0.2) is 23.3 Å². The zero-order valence-corrected chi connectivity index (χ0v) is 19.5. The Kier molecular flexibility index (Phi) is 7.78. The fraction of sp³-hybridized carbons (Fsp3) is 0.571. The molecule has 2 saturated carbocycles. The van der Waals surface area contributed by atoms with Crippen LogP contribution in [-0.4, -0.2) is 0 Å². The van der Waals surface area contributed by atoms with E-state index in [1.54, 1.807) is 12.1 Å². The lowest BCUT2D eigenvalue weighted by molar-refractivity contribution is -0.0900. The van der Waals surface area contributed by atoms with E-state index in [9.17, 15) is 17.6 Å². The first-order valence-electron chi connectivity index (χ1n) is 12.4. The normalized spacial score (nSPS) is 27.8. The minimum absolute atomic E-state index is 0.168. The van der Waals surface area contributed by atoms with Gasteiger partial charge in [0.1, 0.15) is 0 Å². The first-order chi connectivity index (χ1) is 15.8. The second kappa shape index (κ2) is 10.6. The van der Waals surface area contributed by atoms with Gasteiger partial charge >= 0.3 is 0 Å². The standard InChI is InChI=1S/C28H34F4O/c1-17-3-7-19(8-4-17)27(21-11-13-23(29)25(31)15-21)33-28(20-9-5-18(2)6-10-20)22-12-14-24(30)26(32)16-22/h11-20,27-28H,3-10H2,1-2H3. The third-order valence-corrected chi connectivity index (χ3v) is 7.81. The summed E-state index contributed by atoms with van der Waals surface area (Å²) in [5, 5.41) is 0. The van der Waals surface area contributed by atoms with Gasteiger partial charge in [0.05, 0.1) is 12.2 Å². The van der Waals surface area contributed by atoms with Gasteiger partial charge in [0.25, 0.3) is 0 Å². The molecule has 0 aliphatic heterocycles. The van der Waals surface area contributed by atoms with Gasteiger partial charge in [-0.3, -0.25) is 0 Å². The topological polar surface area (TPSA) is 9.23 Å². The quantitative estimate of drug-likeness (QED) is 0.390. The molecule has 33 heavy (non-hydrogen) atoms. The number of rotatable bonds is 6. The van der Waals surface area contributed by atoms with E-state index < -0.39 is 35.5 Å². The second-order valence-corrected chi connectivity index (χ2v) is 10.4. The third kappa shape index (κ3) is 5.79. The van der Waals surface area contributed by atoms with Gasteiger partial charge in [-0.05, 0) is 84.7 Å². The van der Waals surface area contributed by atoms with Crippen LogP contribution in [0.1, 0.15) is 88.5 Å². The Morgan fingerprint density at radius 2 is 0.939 bits per heavy atom. The van der Waals surface area contributed by atoms with Crippen LogP contribution in [-0.2, 0) is 4.74 Å². The molecule has 0 radical (unpaired) electrons. The molecule has 2 aliphatic carbocycles. The molecule has 2 aromatic rings. The first kappa shape index (κ1) is 24.3.